The number of rotatable bonds is 6. The van der Waals surface area contributed by atoms with Crippen molar-refractivity contribution in [3.8, 4) is 0 Å². The summed E-state index contributed by atoms with van der Waals surface area (Å²) in [7, 11) is 0. The minimum Gasteiger partial charge on any atom is -0.355 e. The molecule has 9 heteroatoms. The third kappa shape index (κ3) is 4.42. The van der Waals surface area contributed by atoms with E-state index in [1.807, 2.05) is 0 Å². The Balaban J connectivity index is 1.46. The monoisotopic (exact) mass is 376 g/mol. The van der Waals surface area contributed by atoms with Gasteiger partial charge in [-0.3, -0.25) is 14.4 Å². The number of aromatic nitrogens is 1. The van der Waals surface area contributed by atoms with Gasteiger partial charge in [-0.1, -0.05) is 0 Å². The zero-order valence-corrected chi connectivity index (χ0v) is 14.6. The summed E-state index contributed by atoms with van der Waals surface area (Å²) in [5, 5.41) is 7.57. The molecule has 3 amide bonds. The van der Waals surface area contributed by atoms with E-state index in [2.05, 4.69) is 15.6 Å². The molecule has 0 aliphatic carbocycles. The number of hydrogen-bond donors (Lipinski definition) is 2. The molecule has 1 fully saturated rings. The zero-order chi connectivity index (χ0) is 18.5. The fourth-order valence-corrected chi connectivity index (χ4v) is 3.21. The minimum absolute atomic E-state index is 0.0918. The molecule has 1 aliphatic rings. The number of hydrogen-bond acceptors (Lipinski definition) is 5. The summed E-state index contributed by atoms with van der Waals surface area (Å²) in [5.74, 6) is -1.57. The van der Waals surface area contributed by atoms with Gasteiger partial charge in [0.25, 0.3) is 0 Å². The van der Waals surface area contributed by atoms with Crippen LogP contribution in [0.5, 0.6) is 0 Å². The van der Waals surface area contributed by atoms with Gasteiger partial charge in [-0.2, -0.15) is 0 Å². The van der Waals surface area contributed by atoms with Crippen molar-refractivity contribution in [2.45, 2.75) is 12.8 Å². The zero-order valence-electron chi connectivity index (χ0n) is 13.8. The lowest BCUT2D eigenvalue weighted by atomic mass is 10.1. The van der Waals surface area contributed by atoms with Gasteiger partial charge in [0.05, 0.1) is 5.92 Å². The average Bonchev–Trinajstić information content (AvgIpc) is 3.25. The van der Waals surface area contributed by atoms with E-state index in [-0.39, 0.29) is 49.5 Å². The van der Waals surface area contributed by atoms with E-state index in [4.69, 9.17) is 0 Å². The molecule has 2 aromatic rings. The summed E-state index contributed by atoms with van der Waals surface area (Å²) < 4.78 is 13.0. The molecule has 7 nitrogen and oxygen atoms in total. The molecule has 0 radical (unpaired) electrons. The highest BCUT2D eigenvalue weighted by molar-refractivity contribution is 7.13. The van der Waals surface area contributed by atoms with Crippen LogP contribution < -0.4 is 15.5 Å². The second-order valence-electron chi connectivity index (χ2n) is 5.81. The highest BCUT2D eigenvalue weighted by Gasteiger charge is 2.34. The first-order chi connectivity index (χ1) is 12.5. The van der Waals surface area contributed by atoms with E-state index in [1.54, 1.807) is 11.6 Å². The average molecular weight is 376 g/mol. The van der Waals surface area contributed by atoms with Crippen LogP contribution >= 0.6 is 11.3 Å². The number of nitrogens with one attached hydrogen (secondary N) is 2. The van der Waals surface area contributed by atoms with Crippen LogP contribution in [0.3, 0.4) is 0 Å². The number of amides is 3. The Morgan fingerprint density at radius 3 is 2.77 bits per heavy atom. The fourth-order valence-electron chi connectivity index (χ4n) is 2.66. The lowest BCUT2D eigenvalue weighted by Crippen LogP contribution is -2.34. The van der Waals surface area contributed by atoms with Crippen molar-refractivity contribution in [2.75, 3.05) is 23.3 Å². The topological polar surface area (TPSA) is 91.4 Å². The molecule has 0 saturated carbocycles. The predicted molar refractivity (Wildman–Crippen MR) is 95.2 cm³/mol. The van der Waals surface area contributed by atoms with Gasteiger partial charge >= 0.3 is 0 Å². The van der Waals surface area contributed by atoms with Crippen molar-refractivity contribution in [2.24, 2.45) is 5.92 Å². The normalized spacial score (nSPS) is 16.6. The van der Waals surface area contributed by atoms with Gasteiger partial charge in [-0.25, -0.2) is 9.37 Å². The second kappa shape index (κ2) is 8.05. The molecule has 2 heterocycles. The Kier molecular flexibility index (Phi) is 5.57. The maximum atomic E-state index is 13.0. The standard InChI is InChI=1S/C17H17FN4O3S/c18-12-1-3-13(4-2-12)22-10-11(9-15(22)24)16(25)19-6-5-14(23)21-17-20-7-8-26-17/h1-4,7-8,11H,5-6,9-10H2,(H,19,25)(H,20,21,23)/t11-/m1/s1. The maximum absolute atomic E-state index is 13.0. The smallest absolute Gasteiger partial charge is 0.227 e. The molecule has 1 aromatic heterocycles. The first-order valence-electron chi connectivity index (χ1n) is 8.06. The first-order valence-corrected chi connectivity index (χ1v) is 8.94. The number of anilines is 2. The Morgan fingerprint density at radius 1 is 1.31 bits per heavy atom. The molecule has 136 valence electrons. The molecule has 1 aromatic carbocycles. The Morgan fingerprint density at radius 2 is 2.08 bits per heavy atom. The van der Waals surface area contributed by atoms with Crippen LogP contribution in [0.4, 0.5) is 15.2 Å². The van der Waals surface area contributed by atoms with E-state index in [1.165, 1.54) is 40.5 Å². The molecule has 2 N–H and O–H groups in total. The Hall–Kier alpha value is -2.81. The summed E-state index contributed by atoms with van der Waals surface area (Å²) >= 11 is 1.31. The van der Waals surface area contributed by atoms with Crippen molar-refractivity contribution in [1.29, 1.82) is 0 Å². The van der Waals surface area contributed by atoms with E-state index in [0.29, 0.717) is 10.8 Å². The molecule has 0 unspecified atom stereocenters. The SMILES string of the molecule is O=C(CCNC(=O)[C@@H]1CC(=O)N(c2ccc(F)cc2)C1)Nc1nccs1. The number of nitrogens with zero attached hydrogens (tertiary/aromatic N) is 2. The van der Waals surface area contributed by atoms with Crippen LogP contribution in [-0.2, 0) is 14.4 Å². The molecular formula is C17H17FN4O3S. The number of carbonyl (C=O) groups is 3. The van der Waals surface area contributed by atoms with Gasteiger partial charge in [-0.05, 0) is 24.3 Å². The van der Waals surface area contributed by atoms with Crippen molar-refractivity contribution in [3.05, 3.63) is 41.7 Å². The van der Waals surface area contributed by atoms with Crippen LogP contribution in [0.15, 0.2) is 35.8 Å². The van der Waals surface area contributed by atoms with E-state index in [0.717, 1.165) is 0 Å². The molecule has 26 heavy (non-hydrogen) atoms. The second-order valence-corrected chi connectivity index (χ2v) is 6.70. The van der Waals surface area contributed by atoms with Crippen LogP contribution in [0.1, 0.15) is 12.8 Å². The first kappa shape index (κ1) is 18.0. The molecule has 3 rings (SSSR count). The summed E-state index contributed by atoms with van der Waals surface area (Å²) in [6.07, 6.45) is 1.80. The van der Waals surface area contributed by atoms with Gasteiger partial charge in [0, 0.05) is 43.2 Å². The number of carbonyl (C=O) groups excluding carboxylic acids is 3. The number of thiazole rings is 1. The number of benzene rings is 1. The summed E-state index contributed by atoms with van der Waals surface area (Å²) in [6, 6.07) is 5.57. The lowest BCUT2D eigenvalue weighted by Gasteiger charge is -2.16. The van der Waals surface area contributed by atoms with E-state index < -0.39 is 5.92 Å². The van der Waals surface area contributed by atoms with Gasteiger partial charge in [-0.15, -0.1) is 11.3 Å². The summed E-state index contributed by atoms with van der Waals surface area (Å²) in [5.41, 5.74) is 0.564. The molecule has 0 spiro atoms. The summed E-state index contributed by atoms with van der Waals surface area (Å²) in [6.45, 7) is 0.416. The van der Waals surface area contributed by atoms with Crippen LogP contribution in [-0.4, -0.2) is 35.8 Å². The quantitative estimate of drug-likeness (QED) is 0.804. The van der Waals surface area contributed by atoms with Crippen LogP contribution in [0.25, 0.3) is 0 Å². The molecule has 1 saturated heterocycles. The van der Waals surface area contributed by atoms with Gasteiger partial charge in [0.1, 0.15) is 5.82 Å². The Bertz CT molecular complexity index is 795. The van der Waals surface area contributed by atoms with Crippen LogP contribution in [0, 0.1) is 11.7 Å². The third-order valence-electron chi connectivity index (χ3n) is 3.96. The molecule has 1 aliphatic heterocycles. The lowest BCUT2D eigenvalue weighted by molar-refractivity contribution is -0.126. The van der Waals surface area contributed by atoms with Crippen molar-refractivity contribution in [1.82, 2.24) is 10.3 Å². The predicted octanol–water partition coefficient (Wildman–Crippen LogP) is 1.78. The largest absolute Gasteiger partial charge is 0.355 e. The molecule has 0 bridgehead atoms. The highest BCUT2D eigenvalue weighted by Crippen LogP contribution is 2.25. The van der Waals surface area contributed by atoms with Crippen molar-refractivity contribution in [3.63, 3.8) is 0 Å². The molecular weight excluding hydrogens is 359 g/mol. The van der Waals surface area contributed by atoms with Crippen LogP contribution in [0.2, 0.25) is 0 Å². The van der Waals surface area contributed by atoms with Gasteiger partial charge in [0.2, 0.25) is 17.7 Å². The van der Waals surface area contributed by atoms with E-state index in [9.17, 15) is 18.8 Å². The highest BCUT2D eigenvalue weighted by atomic mass is 32.1. The third-order valence-corrected chi connectivity index (χ3v) is 4.65. The minimum atomic E-state index is -0.491. The Labute approximate surface area is 153 Å². The van der Waals surface area contributed by atoms with E-state index >= 15 is 0 Å². The summed E-state index contributed by atoms with van der Waals surface area (Å²) in [4.78, 5) is 41.5. The maximum Gasteiger partial charge on any atom is 0.227 e. The number of halogens is 1. The van der Waals surface area contributed by atoms with Gasteiger partial charge in [0.15, 0.2) is 5.13 Å². The van der Waals surface area contributed by atoms with Gasteiger partial charge < -0.3 is 15.5 Å². The van der Waals surface area contributed by atoms with Crippen molar-refractivity contribution < 1.29 is 18.8 Å². The molecule has 1 atom stereocenters. The fraction of sp³-hybridized carbons (Fsp3) is 0.294. The van der Waals surface area contributed by atoms with Crippen molar-refractivity contribution >= 4 is 39.9 Å².